The number of rotatable bonds is 4. The molecule has 7 nitrogen and oxygen atoms in total. The number of carbonyl (C=O) groups excluding carboxylic acids is 2. The molecule has 0 radical (unpaired) electrons. The third-order valence-corrected chi connectivity index (χ3v) is 4.07. The molecule has 2 rings (SSSR count). The van der Waals surface area contributed by atoms with E-state index in [1.165, 1.54) is 7.11 Å². The third kappa shape index (κ3) is 4.98. The van der Waals surface area contributed by atoms with E-state index in [-0.39, 0.29) is 17.7 Å². The summed E-state index contributed by atoms with van der Waals surface area (Å²) in [5.74, 6) is -0.408. The minimum absolute atomic E-state index is 0.0503. The zero-order valence-electron chi connectivity index (χ0n) is 14.4. The molecule has 0 spiro atoms. The maximum absolute atomic E-state index is 12.3. The predicted octanol–water partition coefficient (Wildman–Crippen LogP) is 1.66. The van der Waals surface area contributed by atoms with E-state index in [1.54, 1.807) is 11.1 Å². The summed E-state index contributed by atoms with van der Waals surface area (Å²) in [6, 6.07) is 11.3. The molecule has 0 saturated carbocycles. The van der Waals surface area contributed by atoms with E-state index in [0.29, 0.717) is 26.2 Å². The van der Waals surface area contributed by atoms with Crippen LogP contribution in [0.2, 0.25) is 0 Å². The second-order valence-electron chi connectivity index (χ2n) is 5.75. The van der Waals surface area contributed by atoms with Crippen LogP contribution in [-0.4, -0.2) is 55.1 Å². The first-order chi connectivity index (χ1) is 12.0. The summed E-state index contributed by atoms with van der Waals surface area (Å²) >= 11 is 0. The zero-order valence-corrected chi connectivity index (χ0v) is 14.4. The molecule has 1 aromatic carbocycles. The van der Waals surface area contributed by atoms with E-state index in [1.807, 2.05) is 48.2 Å². The standard InChI is InChI=1S/C18H22N4O3/c1-14(15-6-4-3-5-7-15)20-17(23)16(12-19)13-21-8-10-22(11-9-21)18(24)25-2/h3-7,13-14H,8-11H2,1-2H3,(H,20,23)/b16-13-. The Balaban J connectivity index is 1.95. The third-order valence-electron chi connectivity index (χ3n) is 4.07. The van der Waals surface area contributed by atoms with E-state index in [0.717, 1.165) is 5.56 Å². The summed E-state index contributed by atoms with van der Waals surface area (Å²) in [6.07, 6.45) is 1.19. The molecule has 1 aliphatic heterocycles. The van der Waals surface area contributed by atoms with Crippen LogP contribution in [0, 0.1) is 11.3 Å². The van der Waals surface area contributed by atoms with Gasteiger partial charge in [0.25, 0.3) is 5.91 Å². The van der Waals surface area contributed by atoms with Crippen molar-refractivity contribution in [2.24, 2.45) is 0 Å². The van der Waals surface area contributed by atoms with Gasteiger partial charge in [-0.2, -0.15) is 5.26 Å². The molecular weight excluding hydrogens is 320 g/mol. The average molecular weight is 342 g/mol. The Bertz CT molecular complexity index is 673. The van der Waals surface area contributed by atoms with E-state index < -0.39 is 5.91 Å². The van der Waals surface area contributed by atoms with Gasteiger partial charge in [0.2, 0.25) is 0 Å². The van der Waals surface area contributed by atoms with Crippen molar-refractivity contribution >= 4 is 12.0 Å². The van der Waals surface area contributed by atoms with Gasteiger partial charge in [0.15, 0.2) is 0 Å². The number of ether oxygens (including phenoxy) is 1. The summed E-state index contributed by atoms with van der Waals surface area (Å²) in [5.41, 5.74) is 1.02. The molecule has 2 amide bonds. The van der Waals surface area contributed by atoms with Crippen LogP contribution in [-0.2, 0) is 9.53 Å². The van der Waals surface area contributed by atoms with Crippen LogP contribution in [0.3, 0.4) is 0 Å². The summed E-state index contributed by atoms with van der Waals surface area (Å²) in [5, 5.41) is 12.1. The molecule has 1 aromatic rings. The normalized spacial score (nSPS) is 16.0. The molecule has 1 aliphatic rings. The Hall–Kier alpha value is -3.01. The fourth-order valence-corrected chi connectivity index (χ4v) is 2.58. The summed E-state index contributed by atoms with van der Waals surface area (Å²) in [7, 11) is 1.35. The van der Waals surface area contributed by atoms with Crippen molar-refractivity contribution < 1.29 is 14.3 Å². The molecule has 1 atom stereocenters. The van der Waals surface area contributed by atoms with Crippen molar-refractivity contribution in [3.05, 3.63) is 47.7 Å². The highest BCUT2D eigenvalue weighted by molar-refractivity contribution is 5.97. The average Bonchev–Trinajstić information content (AvgIpc) is 2.66. The fourth-order valence-electron chi connectivity index (χ4n) is 2.58. The number of methoxy groups -OCH3 is 1. The SMILES string of the molecule is COC(=O)N1CCN(/C=C(/C#N)C(=O)NC(C)c2ccccc2)CC1. The van der Waals surface area contributed by atoms with Gasteiger partial charge in [-0.1, -0.05) is 30.3 Å². The topological polar surface area (TPSA) is 85.7 Å². The quantitative estimate of drug-likeness (QED) is 0.664. The highest BCUT2D eigenvalue weighted by Crippen LogP contribution is 2.12. The van der Waals surface area contributed by atoms with Crippen LogP contribution >= 0.6 is 0 Å². The molecule has 132 valence electrons. The lowest BCUT2D eigenvalue weighted by molar-refractivity contribution is -0.117. The van der Waals surface area contributed by atoms with Gasteiger partial charge < -0.3 is 19.9 Å². The number of benzene rings is 1. The van der Waals surface area contributed by atoms with Gasteiger partial charge in [0, 0.05) is 32.4 Å². The van der Waals surface area contributed by atoms with Gasteiger partial charge in [0.05, 0.1) is 13.2 Å². The fraction of sp³-hybridized carbons (Fsp3) is 0.389. The van der Waals surface area contributed by atoms with Gasteiger partial charge >= 0.3 is 6.09 Å². The van der Waals surface area contributed by atoms with E-state index in [4.69, 9.17) is 0 Å². The second-order valence-corrected chi connectivity index (χ2v) is 5.75. The zero-order chi connectivity index (χ0) is 18.2. The largest absolute Gasteiger partial charge is 0.453 e. The van der Waals surface area contributed by atoms with Crippen molar-refractivity contribution in [1.29, 1.82) is 5.26 Å². The number of hydrogen-bond donors (Lipinski definition) is 1. The van der Waals surface area contributed by atoms with Crippen molar-refractivity contribution in [3.8, 4) is 6.07 Å². The number of piperazine rings is 1. The minimum atomic E-state index is -0.408. The molecule has 0 bridgehead atoms. The van der Waals surface area contributed by atoms with Crippen LogP contribution < -0.4 is 5.32 Å². The highest BCUT2D eigenvalue weighted by Gasteiger charge is 2.21. The maximum atomic E-state index is 12.3. The van der Waals surface area contributed by atoms with Crippen LogP contribution in [0.15, 0.2) is 42.1 Å². The number of nitrogens with one attached hydrogen (secondary N) is 1. The van der Waals surface area contributed by atoms with Crippen LogP contribution in [0.1, 0.15) is 18.5 Å². The van der Waals surface area contributed by atoms with E-state index >= 15 is 0 Å². The summed E-state index contributed by atoms with van der Waals surface area (Å²) in [4.78, 5) is 27.3. The molecular formula is C18H22N4O3. The molecule has 7 heteroatoms. The first-order valence-electron chi connectivity index (χ1n) is 8.10. The van der Waals surface area contributed by atoms with Crippen molar-refractivity contribution in [3.63, 3.8) is 0 Å². The minimum Gasteiger partial charge on any atom is -0.453 e. The number of carbonyl (C=O) groups is 2. The van der Waals surface area contributed by atoms with Crippen LogP contribution in [0.5, 0.6) is 0 Å². The van der Waals surface area contributed by atoms with Crippen LogP contribution in [0.25, 0.3) is 0 Å². The molecule has 25 heavy (non-hydrogen) atoms. The van der Waals surface area contributed by atoms with Crippen LogP contribution in [0.4, 0.5) is 4.79 Å². The molecule has 0 aliphatic carbocycles. The van der Waals surface area contributed by atoms with Crippen molar-refractivity contribution in [1.82, 2.24) is 15.1 Å². The highest BCUT2D eigenvalue weighted by atomic mass is 16.5. The number of amides is 2. The lowest BCUT2D eigenvalue weighted by atomic mass is 10.1. The molecule has 0 aromatic heterocycles. The lowest BCUT2D eigenvalue weighted by Gasteiger charge is -2.33. The molecule has 1 saturated heterocycles. The lowest BCUT2D eigenvalue weighted by Crippen LogP contribution is -2.47. The summed E-state index contributed by atoms with van der Waals surface area (Å²) in [6.45, 7) is 3.94. The Morgan fingerprint density at radius 3 is 2.44 bits per heavy atom. The van der Waals surface area contributed by atoms with E-state index in [9.17, 15) is 14.9 Å². The van der Waals surface area contributed by atoms with Crippen molar-refractivity contribution in [2.75, 3.05) is 33.3 Å². The number of nitriles is 1. The Labute approximate surface area is 147 Å². The first-order valence-corrected chi connectivity index (χ1v) is 8.10. The van der Waals surface area contributed by atoms with Gasteiger partial charge in [0.1, 0.15) is 11.6 Å². The Morgan fingerprint density at radius 2 is 1.88 bits per heavy atom. The Morgan fingerprint density at radius 1 is 1.24 bits per heavy atom. The van der Waals surface area contributed by atoms with Crippen molar-refractivity contribution in [2.45, 2.75) is 13.0 Å². The smallest absolute Gasteiger partial charge is 0.409 e. The number of hydrogen-bond acceptors (Lipinski definition) is 5. The molecule has 1 heterocycles. The van der Waals surface area contributed by atoms with Gasteiger partial charge in [-0.15, -0.1) is 0 Å². The molecule has 1 N–H and O–H groups in total. The molecule has 1 fully saturated rings. The van der Waals surface area contributed by atoms with Gasteiger partial charge in [-0.3, -0.25) is 4.79 Å². The monoisotopic (exact) mass is 342 g/mol. The van der Waals surface area contributed by atoms with Gasteiger partial charge in [-0.05, 0) is 12.5 Å². The first kappa shape index (κ1) is 18.3. The second kappa shape index (κ2) is 8.73. The summed E-state index contributed by atoms with van der Waals surface area (Å²) < 4.78 is 4.69. The Kier molecular flexibility index (Phi) is 6.40. The molecule has 1 unspecified atom stereocenters. The van der Waals surface area contributed by atoms with Gasteiger partial charge in [-0.25, -0.2) is 4.79 Å². The maximum Gasteiger partial charge on any atom is 0.409 e. The number of nitrogens with zero attached hydrogens (tertiary/aromatic N) is 3. The van der Waals surface area contributed by atoms with E-state index in [2.05, 4.69) is 10.1 Å². The predicted molar refractivity (Wildman–Crippen MR) is 92.2 cm³/mol.